The Morgan fingerprint density at radius 1 is 0.933 bits per heavy atom. The molecule has 5 rings (SSSR count). The van der Waals surface area contributed by atoms with E-state index >= 15 is 0 Å². The number of carbonyl (C=O) groups is 2. The van der Waals surface area contributed by atoms with Gasteiger partial charge in [0.1, 0.15) is 0 Å². The average molecular weight is 397 g/mol. The maximum atomic E-state index is 12.7. The van der Waals surface area contributed by atoms with Crippen molar-refractivity contribution >= 4 is 33.5 Å². The third-order valence-corrected chi connectivity index (χ3v) is 5.90. The molecule has 0 fully saturated rings. The molecule has 2 amide bonds. The van der Waals surface area contributed by atoms with Gasteiger partial charge in [0.25, 0.3) is 0 Å². The van der Waals surface area contributed by atoms with Crippen LogP contribution in [0.5, 0.6) is 0 Å². The van der Waals surface area contributed by atoms with Crippen LogP contribution in [-0.2, 0) is 29.0 Å². The zero-order valence-corrected chi connectivity index (χ0v) is 16.7. The van der Waals surface area contributed by atoms with Gasteiger partial charge < -0.3 is 15.2 Å². The van der Waals surface area contributed by atoms with Gasteiger partial charge >= 0.3 is 0 Å². The van der Waals surface area contributed by atoms with Crippen LogP contribution in [0.15, 0.2) is 66.7 Å². The van der Waals surface area contributed by atoms with Gasteiger partial charge in [-0.3, -0.25) is 9.59 Å². The van der Waals surface area contributed by atoms with Crippen molar-refractivity contribution in [3.8, 4) is 0 Å². The van der Waals surface area contributed by atoms with Crippen LogP contribution in [0, 0.1) is 0 Å². The van der Waals surface area contributed by atoms with Gasteiger partial charge in [-0.2, -0.15) is 0 Å². The summed E-state index contributed by atoms with van der Waals surface area (Å²) in [4.78, 5) is 30.5. The highest BCUT2D eigenvalue weighted by molar-refractivity contribution is 5.92. The number of nitrogens with one attached hydrogen (secondary N) is 2. The SMILES string of the molecule is O=C(Cc1cccc2ccccc12)NCC(=O)N1CCc2[nH]c3ccccc3c2C1. The zero-order chi connectivity index (χ0) is 20.5. The number of fused-ring (bicyclic) bond motifs is 4. The van der Waals surface area contributed by atoms with Crippen LogP contribution in [0.1, 0.15) is 16.8 Å². The van der Waals surface area contributed by atoms with Crippen LogP contribution < -0.4 is 5.32 Å². The van der Waals surface area contributed by atoms with Crippen molar-refractivity contribution in [1.82, 2.24) is 15.2 Å². The molecule has 0 saturated carbocycles. The Balaban J connectivity index is 1.22. The van der Waals surface area contributed by atoms with E-state index in [0.717, 1.165) is 28.3 Å². The number of aromatic amines is 1. The lowest BCUT2D eigenvalue weighted by Gasteiger charge is -2.27. The van der Waals surface area contributed by atoms with E-state index in [2.05, 4.69) is 22.4 Å². The molecule has 3 aromatic carbocycles. The molecule has 5 nitrogen and oxygen atoms in total. The molecule has 150 valence electrons. The van der Waals surface area contributed by atoms with Gasteiger partial charge in [0.15, 0.2) is 0 Å². The van der Waals surface area contributed by atoms with Crippen LogP contribution >= 0.6 is 0 Å². The predicted octanol–water partition coefficient (Wildman–Crippen LogP) is 3.56. The van der Waals surface area contributed by atoms with Crippen molar-refractivity contribution in [2.75, 3.05) is 13.1 Å². The van der Waals surface area contributed by atoms with Crippen molar-refractivity contribution in [1.29, 1.82) is 0 Å². The summed E-state index contributed by atoms with van der Waals surface area (Å²) in [6.07, 6.45) is 1.07. The van der Waals surface area contributed by atoms with Crippen LogP contribution in [0.3, 0.4) is 0 Å². The van der Waals surface area contributed by atoms with Gasteiger partial charge in [0, 0.05) is 41.7 Å². The summed E-state index contributed by atoms with van der Waals surface area (Å²) in [6.45, 7) is 1.27. The van der Waals surface area contributed by atoms with E-state index in [1.54, 1.807) is 0 Å². The average Bonchev–Trinajstić information content (AvgIpc) is 3.16. The molecule has 1 aliphatic rings. The van der Waals surface area contributed by atoms with Gasteiger partial charge in [-0.05, 0) is 22.4 Å². The number of hydrogen-bond donors (Lipinski definition) is 2. The van der Waals surface area contributed by atoms with Crippen LogP contribution in [0.4, 0.5) is 0 Å². The number of aromatic nitrogens is 1. The fourth-order valence-corrected chi connectivity index (χ4v) is 4.35. The smallest absolute Gasteiger partial charge is 0.242 e. The summed E-state index contributed by atoms with van der Waals surface area (Å²) in [5, 5.41) is 6.17. The number of amides is 2. The van der Waals surface area contributed by atoms with Crippen molar-refractivity contribution < 1.29 is 9.59 Å². The second-order valence-electron chi connectivity index (χ2n) is 7.78. The van der Waals surface area contributed by atoms with Crippen LogP contribution in [-0.4, -0.2) is 34.8 Å². The highest BCUT2D eigenvalue weighted by atomic mass is 16.2. The lowest BCUT2D eigenvalue weighted by atomic mass is 10.0. The number of para-hydroxylation sites is 1. The molecule has 1 aliphatic heterocycles. The van der Waals surface area contributed by atoms with Crippen LogP contribution in [0.25, 0.3) is 21.7 Å². The maximum Gasteiger partial charge on any atom is 0.242 e. The molecular weight excluding hydrogens is 374 g/mol. The molecule has 0 unspecified atom stereocenters. The largest absolute Gasteiger partial charge is 0.358 e. The molecule has 0 radical (unpaired) electrons. The minimum Gasteiger partial charge on any atom is -0.358 e. The van der Waals surface area contributed by atoms with Gasteiger partial charge in [0.2, 0.25) is 11.8 Å². The summed E-state index contributed by atoms with van der Waals surface area (Å²) in [7, 11) is 0. The molecule has 0 atom stereocenters. The van der Waals surface area contributed by atoms with E-state index in [4.69, 9.17) is 0 Å². The molecule has 4 aromatic rings. The van der Waals surface area contributed by atoms with Crippen molar-refractivity contribution in [3.05, 3.63) is 83.6 Å². The Morgan fingerprint density at radius 2 is 1.70 bits per heavy atom. The first-order valence-electron chi connectivity index (χ1n) is 10.3. The number of nitrogens with zero attached hydrogens (tertiary/aromatic N) is 1. The van der Waals surface area contributed by atoms with Crippen molar-refractivity contribution in [2.45, 2.75) is 19.4 Å². The number of hydrogen-bond acceptors (Lipinski definition) is 2. The number of rotatable bonds is 4. The van der Waals surface area contributed by atoms with E-state index in [1.807, 2.05) is 59.5 Å². The summed E-state index contributed by atoms with van der Waals surface area (Å²) >= 11 is 0. The molecule has 5 heteroatoms. The van der Waals surface area contributed by atoms with Crippen LogP contribution in [0.2, 0.25) is 0 Å². The topological polar surface area (TPSA) is 65.2 Å². The standard InChI is InChI=1S/C25H23N3O2/c29-24(14-18-8-5-7-17-6-1-2-9-19(17)18)26-15-25(30)28-13-12-23-21(16-28)20-10-3-4-11-22(20)27-23/h1-11,27H,12-16H2,(H,26,29). The predicted molar refractivity (Wildman–Crippen MR) is 118 cm³/mol. The second-order valence-corrected chi connectivity index (χ2v) is 7.78. The molecule has 2 heterocycles. The Morgan fingerprint density at radius 3 is 2.60 bits per heavy atom. The van der Waals surface area contributed by atoms with E-state index < -0.39 is 0 Å². The number of carbonyl (C=O) groups excluding carboxylic acids is 2. The maximum absolute atomic E-state index is 12.7. The Bertz CT molecular complexity index is 1250. The minimum atomic E-state index is -0.135. The number of benzene rings is 3. The van der Waals surface area contributed by atoms with Gasteiger partial charge in [-0.1, -0.05) is 60.7 Å². The Kier molecular flexibility index (Phi) is 4.71. The molecular formula is C25H23N3O2. The molecule has 0 saturated heterocycles. The summed E-state index contributed by atoms with van der Waals surface area (Å²) in [5.41, 5.74) is 4.48. The van der Waals surface area contributed by atoms with E-state index in [9.17, 15) is 9.59 Å². The fourth-order valence-electron chi connectivity index (χ4n) is 4.35. The Labute approximate surface area is 174 Å². The van der Waals surface area contributed by atoms with E-state index in [1.165, 1.54) is 16.6 Å². The first-order chi connectivity index (χ1) is 14.7. The highest BCUT2D eigenvalue weighted by Gasteiger charge is 2.24. The van der Waals surface area contributed by atoms with E-state index in [0.29, 0.717) is 13.1 Å². The van der Waals surface area contributed by atoms with Gasteiger partial charge in [-0.15, -0.1) is 0 Å². The van der Waals surface area contributed by atoms with Crippen molar-refractivity contribution in [2.24, 2.45) is 0 Å². The normalized spacial score (nSPS) is 13.4. The Hall–Kier alpha value is -3.60. The lowest BCUT2D eigenvalue weighted by molar-refractivity contribution is -0.133. The molecule has 2 N–H and O–H groups in total. The third kappa shape index (κ3) is 3.43. The number of H-pyrrole nitrogens is 1. The first-order valence-corrected chi connectivity index (χ1v) is 10.3. The second kappa shape index (κ2) is 7.67. The summed E-state index contributed by atoms with van der Waals surface area (Å²) in [5.74, 6) is -0.179. The van der Waals surface area contributed by atoms with Gasteiger partial charge in [0.05, 0.1) is 13.0 Å². The highest BCUT2D eigenvalue weighted by Crippen LogP contribution is 2.27. The first kappa shape index (κ1) is 18.4. The third-order valence-electron chi connectivity index (χ3n) is 5.90. The molecule has 0 spiro atoms. The molecule has 1 aromatic heterocycles. The summed E-state index contributed by atoms with van der Waals surface area (Å²) in [6, 6.07) is 22.2. The van der Waals surface area contributed by atoms with Gasteiger partial charge in [-0.25, -0.2) is 0 Å². The van der Waals surface area contributed by atoms with Crippen molar-refractivity contribution in [3.63, 3.8) is 0 Å². The zero-order valence-electron chi connectivity index (χ0n) is 16.7. The molecule has 0 bridgehead atoms. The fraction of sp³-hybridized carbons (Fsp3) is 0.200. The molecule has 0 aliphatic carbocycles. The summed E-state index contributed by atoms with van der Waals surface area (Å²) < 4.78 is 0. The quantitative estimate of drug-likeness (QED) is 0.553. The minimum absolute atomic E-state index is 0.0291. The molecule has 30 heavy (non-hydrogen) atoms. The monoisotopic (exact) mass is 397 g/mol. The lowest BCUT2D eigenvalue weighted by Crippen LogP contribution is -2.42. The van der Waals surface area contributed by atoms with E-state index in [-0.39, 0.29) is 24.8 Å².